The number of pyridine rings is 1. The smallest absolute Gasteiger partial charge is 0.310 e. The number of rotatable bonds is 2. The van der Waals surface area contributed by atoms with Crippen molar-refractivity contribution in [2.45, 2.75) is 26.1 Å². The van der Waals surface area contributed by atoms with Crippen molar-refractivity contribution >= 4 is 17.2 Å². The molecule has 1 fully saturated rings. The van der Waals surface area contributed by atoms with Crippen LogP contribution in [0, 0.1) is 10.1 Å². The lowest BCUT2D eigenvalue weighted by atomic mass is 10.2. The minimum Gasteiger partial charge on any atom is -0.393 e. The Morgan fingerprint density at radius 2 is 2.11 bits per heavy atom. The van der Waals surface area contributed by atoms with Gasteiger partial charge in [-0.1, -0.05) is 0 Å². The van der Waals surface area contributed by atoms with Crippen LogP contribution in [0.5, 0.6) is 0 Å². The van der Waals surface area contributed by atoms with Crippen molar-refractivity contribution in [3.63, 3.8) is 0 Å². The Balaban J connectivity index is 2.23. The number of aromatic nitrogens is 1. The molecule has 18 heavy (non-hydrogen) atoms. The first kappa shape index (κ1) is 12.6. The molecule has 0 spiro atoms. The Hall–Kier alpha value is -1.89. The number of nitrogen functional groups attached to an aromatic ring is 1. The Labute approximate surface area is 105 Å². The Bertz CT molecular complexity index is 456. The molecule has 2 rings (SSSR count). The molecule has 0 aliphatic carbocycles. The van der Waals surface area contributed by atoms with Crippen molar-refractivity contribution in [1.82, 2.24) is 4.98 Å². The molecular weight excluding hydrogens is 236 g/mol. The first-order valence-electron chi connectivity index (χ1n) is 5.77. The molecule has 1 saturated heterocycles. The molecular formula is C11H16N4O3. The normalized spacial score (nSPS) is 24.0. The SMILES string of the molecule is C[C@@H]1CN(c2cc(N)c([N+](=O)[O-])cn2)C[C@H](C)O1. The van der Waals surface area contributed by atoms with Gasteiger partial charge in [0.25, 0.3) is 0 Å². The lowest BCUT2D eigenvalue weighted by Crippen LogP contribution is -2.45. The summed E-state index contributed by atoms with van der Waals surface area (Å²) in [7, 11) is 0. The van der Waals surface area contributed by atoms with E-state index < -0.39 is 4.92 Å². The van der Waals surface area contributed by atoms with Crippen LogP contribution in [0.1, 0.15) is 13.8 Å². The van der Waals surface area contributed by atoms with Crippen molar-refractivity contribution < 1.29 is 9.66 Å². The number of nitrogens with two attached hydrogens (primary N) is 1. The van der Waals surface area contributed by atoms with E-state index in [1.807, 2.05) is 18.7 Å². The molecule has 2 N–H and O–H groups in total. The van der Waals surface area contributed by atoms with Crippen molar-refractivity contribution in [3.05, 3.63) is 22.4 Å². The van der Waals surface area contributed by atoms with E-state index in [1.165, 1.54) is 6.20 Å². The Kier molecular flexibility index (Phi) is 3.33. The molecule has 1 aromatic heterocycles. The summed E-state index contributed by atoms with van der Waals surface area (Å²) in [6, 6.07) is 1.54. The van der Waals surface area contributed by atoms with Crippen LogP contribution in [0.25, 0.3) is 0 Å². The number of anilines is 2. The van der Waals surface area contributed by atoms with Crippen LogP contribution < -0.4 is 10.6 Å². The molecule has 1 aromatic rings. The summed E-state index contributed by atoms with van der Waals surface area (Å²) < 4.78 is 5.62. The van der Waals surface area contributed by atoms with E-state index in [-0.39, 0.29) is 23.6 Å². The summed E-state index contributed by atoms with van der Waals surface area (Å²) in [5.41, 5.74) is 5.64. The van der Waals surface area contributed by atoms with Gasteiger partial charge in [0.2, 0.25) is 0 Å². The van der Waals surface area contributed by atoms with Gasteiger partial charge in [-0.3, -0.25) is 10.1 Å². The number of ether oxygens (including phenoxy) is 1. The molecule has 2 atom stereocenters. The zero-order valence-corrected chi connectivity index (χ0v) is 10.4. The number of hydrogen-bond acceptors (Lipinski definition) is 6. The Morgan fingerprint density at radius 1 is 1.50 bits per heavy atom. The fourth-order valence-electron chi connectivity index (χ4n) is 2.14. The minimum atomic E-state index is -0.531. The van der Waals surface area contributed by atoms with Gasteiger partial charge < -0.3 is 15.4 Å². The standard InChI is InChI=1S/C11H16N4O3/c1-7-5-14(6-8(2)18-7)11-3-9(12)10(4-13-11)15(16)17/h3-4,7-8H,5-6H2,1-2H3,(H2,12,13)/t7-,8+. The summed E-state index contributed by atoms with van der Waals surface area (Å²) in [5.74, 6) is 0.653. The van der Waals surface area contributed by atoms with Crippen LogP contribution >= 0.6 is 0 Å². The highest BCUT2D eigenvalue weighted by Crippen LogP contribution is 2.26. The fraction of sp³-hybridized carbons (Fsp3) is 0.545. The summed E-state index contributed by atoms with van der Waals surface area (Å²) in [6.07, 6.45) is 1.41. The van der Waals surface area contributed by atoms with E-state index in [4.69, 9.17) is 10.5 Å². The van der Waals surface area contributed by atoms with Crippen molar-refractivity contribution in [3.8, 4) is 0 Å². The molecule has 1 aliphatic heterocycles. The van der Waals surface area contributed by atoms with Crippen LogP contribution in [-0.2, 0) is 4.74 Å². The maximum Gasteiger partial charge on any atom is 0.310 e. The first-order valence-corrected chi connectivity index (χ1v) is 5.77. The van der Waals surface area contributed by atoms with Crippen molar-refractivity contribution in [2.75, 3.05) is 23.7 Å². The van der Waals surface area contributed by atoms with Crippen LogP contribution in [0.2, 0.25) is 0 Å². The fourth-order valence-corrected chi connectivity index (χ4v) is 2.14. The first-order chi connectivity index (χ1) is 8.47. The lowest BCUT2D eigenvalue weighted by Gasteiger charge is -2.36. The number of hydrogen-bond donors (Lipinski definition) is 1. The van der Waals surface area contributed by atoms with Crippen LogP contribution in [0.4, 0.5) is 17.2 Å². The molecule has 7 heteroatoms. The molecule has 0 bridgehead atoms. The highest BCUT2D eigenvalue weighted by molar-refractivity contribution is 5.62. The average molecular weight is 252 g/mol. The number of morpholine rings is 1. The second-order valence-corrected chi connectivity index (χ2v) is 4.52. The highest BCUT2D eigenvalue weighted by Gasteiger charge is 2.24. The predicted molar refractivity (Wildman–Crippen MR) is 67.5 cm³/mol. The van der Waals surface area contributed by atoms with E-state index in [1.54, 1.807) is 6.07 Å². The molecule has 98 valence electrons. The zero-order chi connectivity index (χ0) is 13.3. The van der Waals surface area contributed by atoms with E-state index in [0.717, 1.165) is 0 Å². The van der Waals surface area contributed by atoms with E-state index >= 15 is 0 Å². The van der Waals surface area contributed by atoms with Crippen LogP contribution in [0.15, 0.2) is 12.3 Å². The summed E-state index contributed by atoms with van der Waals surface area (Å²) in [4.78, 5) is 16.3. The monoisotopic (exact) mass is 252 g/mol. The molecule has 0 aromatic carbocycles. The van der Waals surface area contributed by atoms with Gasteiger partial charge in [0.05, 0.1) is 17.1 Å². The third kappa shape index (κ3) is 2.51. The van der Waals surface area contributed by atoms with Gasteiger partial charge in [0.1, 0.15) is 17.7 Å². The second kappa shape index (κ2) is 4.77. The maximum absolute atomic E-state index is 10.7. The van der Waals surface area contributed by atoms with Crippen molar-refractivity contribution in [2.24, 2.45) is 0 Å². The highest BCUT2D eigenvalue weighted by atomic mass is 16.6. The van der Waals surface area contributed by atoms with Gasteiger partial charge in [-0.15, -0.1) is 0 Å². The third-order valence-corrected chi connectivity index (χ3v) is 2.84. The van der Waals surface area contributed by atoms with Gasteiger partial charge >= 0.3 is 5.69 Å². The minimum absolute atomic E-state index is 0.104. The molecule has 0 unspecified atom stereocenters. The molecule has 0 saturated carbocycles. The second-order valence-electron chi connectivity index (χ2n) is 4.52. The van der Waals surface area contributed by atoms with E-state index in [2.05, 4.69) is 4.98 Å². The van der Waals surface area contributed by atoms with Crippen LogP contribution in [-0.4, -0.2) is 35.2 Å². The molecule has 0 amide bonds. The molecule has 7 nitrogen and oxygen atoms in total. The van der Waals surface area contributed by atoms with Gasteiger partial charge in [-0.25, -0.2) is 4.98 Å². The zero-order valence-electron chi connectivity index (χ0n) is 10.4. The third-order valence-electron chi connectivity index (χ3n) is 2.84. The summed E-state index contributed by atoms with van der Waals surface area (Å²) in [6.45, 7) is 5.37. The van der Waals surface area contributed by atoms with Gasteiger partial charge in [0.15, 0.2) is 0 Å². The van der Waals surface area contributed by atoms with E-state index in [0.29, 0.717) is 18.9 Å². The maximum atomic E-state index is 10.7. The largest absolute Gasteiger partial charge is 0.393 e. The summed E-state index contributed by atoms with van der Waals surface area (Å²) >= 11 is 0. The quantitative estimate of drug-likeness (QED) is 0.627. The van der Waals surface area contributed by atoms with Gasteiger partial charge in [-0.05, 0) is 13.8 Å². The predicted octanol–water partition coefficient (Wildman–Crippen LogP) is 1.19. The van der Waals surface area contributed by atoms with Gasteiger partial charge in [-0.2, -0.15) is 0 Å². The molecule has 2 heterocycles. The topological polar surface area (TPSA) is 94.5 Å². The van der Waals surface area contributed by atoms with E-state index in [9.17, 15) is 10.1 Å². The van der Waals surface area contributed by atoms with Gasteiger partial charge in [0, 0.05) is 19.2 Å². The molecule has 0 radical (unpaired) electrons. The van der Waals surface area contributed by atoms with Crippen molar-refractivity contribution in [1.29, 1.82) is 0 Å². The summed E-state index contributed by atoms with van der Waals surface area (Å²) in [5, 5.41) is 10.7. The number of nitrogens with zero attached hydrogens (tertiary/aromatic N) is 3. The number of nitro groups is 1. The average Bonchev–Trinajstić information content (AvgIpc) is 2.26. The Morgan fingerprint density at radius 3 is 2.61 bits per heavy atom. The van der Waals surface area contributed by atoms with Crippen LogP contribution in [0.3, 0.4) is 0 Å². The molecule has 1 aliphatic rings. The lowest BCUT2D eigenvalue weighted by molar-refractivity contribution is -0.384.